The highest BCUT2D eigenvalue weighted by atomic mass is 16.5. The molecule has 0 aliphatic carbocycles. The Kier molecular flexibility index (Phi) is 7.64. The average Bonchev–Trinajstić information content (AvgIpc) is 3.58. The summed E-state index contributed by atoms with van der Waals surface area (Å²) < 4.78 is 7.96. The van der Waals surface area contributed by atoms with E-state index in [1.54, 1.807) is 6.20 Å². The number of hydrogen-bond acceptors (Lipinski definition) is 8. The van der Waals surface area contributed by atoms with Gasteiger partial charge in [-0.2, -0.15) is 0 Å². The van der Waals surface area contributed by atoms with Gasteiger partial charge < -0.3 is 29.8 Å². The summed E-state index contributed by atoms with van der Waals surface area (Å²) in [6.07, 6.45) is 5.79. The van der Waals surface area contributed by atoms with Crippen molar-refractivity contribution in [2.45, 2.75) is 47.0 Å². The predicted octanol–water partition coefficient (Wildman–Crippen LogP) is 5.22. The van der Waals surface area contributed by atoms with Crippen LogP contribution in [0.3, 0.4) is 0 Å². The first kappa shape index (κ1) is 28.8. The van der Waals surface area contributed by atoms with Crippen LogP contribution in [0.4, 0.5) is 11.5 Å². The molecule has 224 valence electrons. The summed E-state index contributed by atoms with van der Waals surface area (Å²) in [6, 6.07) is 3.95. The van der Waals surface area contributed by atoms with Crippen molar-refractivity contribution in [3.05, 3.63) is 58.3 Å². The number of aromatic nitrogens is 4. The predicted molar refractivity (Wildman–Crippen MR) is 170 cm³/mol. The van der Waals surface area contributed by atoms with Gasteiger partial charge in [0.1, 0.15) is 17.3 Å². The molecular formula is C33H40N8O2. The highest BCUT2D eigenvalue weighted by molar-refractivity contribution is 6.03. The van der Waals surface area contributed by atoms with Gasteiger partial charge in [0.2, 0.25) is 0 Å². The second-order valence-electron chi connectivity index (χ2n) is 11.8. The van der Waals surface area contributed by atoms with E-state index in [2.05, 4.69) is 36.0 Å². The Balaban J connectivity index is 1.42. The molecule has 43 heavy (non-hydrogen) atoms. The van der Waals surface area contributed by atoms with Crippen LogP contribution in [0.2, 0.25) is 0 Å². The first-order valence-corrected chi connectivity index (χ1v) is 15.1. The minimum absolute atomic E-state index is 0.0721. The van der Waals surface area contributed by atoms with E-state index < -0.39 is 0 Å². The molecule has 10 heteroatoms. The normalized spacial score (nSPS) is 15.2. The second kappa shape index (κ2) is 11.4. The third kappa shape index (κ3) is 5.03. The highest BCUT2D eigenvalue weighted by Crippen LogP contribution is 2.38. The summed E-state index contributed by atoms with van der Waals surface area (Å²) in [5.41, 5.74) is 8.35. The van der Waals surface area contributed by atoms with Crippen molar-refractivity contribution in [2.75, 3.05) is 44.6 Å². The number of aryl methyl sites for hydroxylation is 3. The molecule has 1 fully saturated rings. The van der Waals surface area contributed by atoms with Gasteiger partial charge in [0, 0.05) is 86.5 Å². The molecule has 6 rings (SSSR count). The number of ether oxygens (including phenoxy) is 1. The molecule has 1 saturated heterocycles. The van der Waals surface area contributed by atoms with Crippen molar-refractivity contribution >= 4 is 34.5 Å². The molecule has 2 N–H and O–H groups in total. The van der Waals surface area contributed by atoms with Crippen LogP contribution in [0, 0.1) is 19.3 Å². The highest BCUT2D eigenvalue weighted by Gasteiger charge is 2.28. The van der Waals surface area contributed by atoms with Gasteiger partial charge >= 0.3 is 0 Å². The minimum Gasteiger partial charge on any atom is -0.492 e. The van der Waals surface area contributed by atoms with E-state index in [-0.39, 0.29) is 11.8 Å². The Morgan fingerprint density at radius 2 is 1.91 bits per heavy atom. The van der Waals surface area contributed by atoms with Crippen molar-refractivity contribution in [3.8, 4) is 17.0 Å². The molecule has 6 heterocycles. The van der Waals surface area contributed by atoms with E-state index in [1.807, 2.05) is 48.7 Å². The monoisotopic (exact) mass is 580 g/mol. The van der Waals surface area contributed by atoms with Gasteiger partial charge in [-0.1, -0.05) is 20.8 Å². The maximum absolute atomic E-state index is 13.8. The summed E-state index contributed by atoms with van der Waals surface area (Å²) in [4.78, 5) is 32.5. The van der Waals surface area contributed by atoms with Gasteiger partial charge in [0.25, 0.3) is 5.91 Å². The number of rotatable bonds is 7. The van der Waals surface area contributed by atoms with Gasteiger partial charge in [-0.05, 0) is 37.9 Å². The van der Waals surface area contributed by atoms with Crippen molar-refractivity contribution in [1.82, 2.24) is 29.3 Å². The number of nitrogens with one attached hydrogen (secondary N) is 2. The number of nitrogens with zero attached hydrogens (tertiary/aromatic N) is 6. The smallest absolute Gasteiger partial charge is 0.270 e. The third-order valence-corrected chi connectivity index (χ3v) is 8.83. The van der Waals surface area contributed by atoms with E-state index in [1.165, 1.54) is 6.21 Å². The fraction of sp³-hybridized carbons (Fsp3) is 0.424. The Morgan fingerprint density at radius 1 is 1.14 bits per heavy atom. The minimum atomic E-state index is 0.0721. The molecule has 0 aromatic carbocycles. The van der Waals surface area contributed by atoms with Crippen LogP contribution in [-0.2, 0) is 13.5 Å². The number of pyridine rings is 3. The lowest BCUT2D eigenvalue weighted by Crippen LogP contribution is -2.48. The van der Waals surface area contributed by atoms with Crippen molar-refractivity contribution < 1.29 is 9.53 Å². The van der Waals surface area contributed by atoms with E-state index in [9.17, 15) is 4.79 Å². The van der Waals surface area contributed by atoms with Crippen LogP contribution < -0.4 is 10.1 Å². The lowest BCUT2D eigenvalue weighted by Gasteiger charge is -2.34. The number of carbonyl (C=O) groups is 1. The summed E-state index contributed by atoms with van der Waals surface area (Å²) in [7, 11) is 1.97. The maximum atomic E-state index is 13.8. The zero-order chi connectivity index (χ0) is 30.4. The van der Waals surface area contributed by atoms with Gasteiger partial charge in [-0.25, -0.2) is 4.98 Å². The zero-order valence-corrected chi connectivity index (χ0v) is 25.9. The average molecular weight is 581 g/mol. The summed E-state index contributed by atoms with van der Waals surface area (Å²) >= 11 is 0. The molecule has 0 radical (unpaired) electrons. The molecule has 0 spiro atoms. The SMILES string of the molecule is CCN1CCN(C(=O)c2c(C)c3c(C(C)C)nc(Nc4cc(-c5cncc6c5OCC6)nc(C)c4C=N)cc3n2C)CC1. The van der Waals surface area contributed by atoms with Crippen LogP contribution >= 0.6 is 0 Å². The number of amides is 1. The van der Waals surface area contributed by atoms with Gasteiger partial charge in [0.05, 0.1) is 34.8 Å². The molecule has 0 saturated carbocycles. The zero-order valence-electron chi connectivity index (χ0n) is 25.9. The van der Waals surface area contributed by atoms with Crippen molar-refractivity contribution in [3.63, 3.8) is 0 Å². The Labute approximate surface area is 252 Å². The number of carbonyl (C=O) groups excluding carboxylic acids is 1. The van der Waals surface area contributed by atoms with E-state index >= 15 is 0 Å². The van der Waals surface area contributed by atoms with Crippen molar-refractivity contribution in [2.24, 2.45) is 7.05 Å². The molecule has 0 unspecified atom stereocenters. The molecule has 2 aliphatic rings. The molecule has 0 atom stereocenters. The number of likely N-dealkylation sites (N-methyl/N-ethyl adjacent to an activating group) is 1. The summed E-state index contributed by atoms with van der Waals surface area (Å²) in [5.74, 6) is 1.68. The Bertz CT molecular complexity index is 1730. The first-order chi connectivity index (χ1) is 20.7. The fourth-order valence-electron chi connectivity index (χ4n) is 6.42. The van der Waals surface area contributed by atoms with Crippen LogP contribution in [0.5, 0.6) is 5.75 Å². The molecule has 1 amide bonds. The Hall–Kier alpha value is -4.31. The molecule has 10 nitrogen and oxygen atoms in total. The lowest BCUT2D eigenvalue weighted by atomic mass is 10.0. The largest absolute Gasteiger partial charge is 0.492 e. The van der Waals surface area contributed by atoms with Crippen LogP contribution in [0.25, 0.3) is 22.2 Å². The van der Waals surface area contributed by atoms with Gasteiger partial charge in [-0.15, -0.1) is 0 Å². The molecule has 4 aromatic rings. The number of hydrogen-bond donors (Lipinski definition) is 2. The Morgan fingerprint density at radius 3 is 2.60 bits per heavy atom. The van der Waals surface area contributed by atoms with E-state index in [0.29, 0.717) is 23.7 Å². The van der Waals surface area contributed by atoms with Gasteiger partial charge in [-0.3, -0.25) is 14.8 Å². The second-order valence-corrected chi connectivity index (χ2v) is 11.8. The maximum Gasteiger partial charge on any atom is 0.270 e. The quantitative estimate of drug-likeness (QED) is 0.288. The van der Waals surface area contributed by atoms with Gasteiger partial charge in [0.15, 0.2) is 0 Å². The van der Waals surface area contributed by atoms with Crippen molar-refractivity contribution in [1.29, 1.82) is 5.41 Å². The third-order valence-electron chi connectivity index (χ3n) is 8.83. The summed E-state index contributed by atoms with van der Waals surface area (Å²) in [5, 5.41) is 12.7. The molecule has 0 bridgehead atoms. The summed E-state index contributed by atoms with van der Waals surface area (Å²) in [6.45, 7) is 15.3. The van der Waals surface area contributed by atoms with E-state index in [0.717, 1.165) is 95.3 Å². The molecule has 4 aromatic heterocycles. The van der Waals surface area contributed by atoms with Crippen LogP contribution in [0.1, 0.15) is 65.3 Å². The fourth-order valence-corrected chi connectivity index (χ4v) is 6.42. The topological polar surface area (TPSA) is 112 Å². The number of anilines is 2. The first-order valence-electron chi connectivity index (χ1n) is 15.1. The standard InChI is InChI=1S/C33H40N8O2/c1-7-40-9-11-41(12-10-40)33(42)31-20(4)29-27(39(31)6)15-28(38-30(29)19(2)3)37-25-14-26(36-21(5)23(25)16-34)24-18-35-17-22-8-13-43-32(22)24/h14-19,34H,7-13H2,1-6H3,(H,36,37,38). The molecule has 2 aliphatic heterocycles. The lowest BCUT2D eigenvalue weighted by molar-refractivity contribution is 0.0633. The van der Waals surface area contributed by atoms with Crippen LogP contribution in [0.15, 0.2) is 24.5 Å². The van der Waals surface area contributed by atoms with Crippen LogP contribution in [-0.4, -0.2) is 80.8 Å². The van der Waals surface area contributed by atoms with E-state index in [4.69, 9.17) is 20.1 Å². The number of fused-ring (bicyclic) bond motifs is 2. The number of piperazine rings is 1. The molecular weight excluding hydrogens is 540 g/mol.